The number of carbonyl (C=O) groups is 1. The molecule has 1 aliphatic rings. The molecule has 6 heteroatoms. The van der Waals surface area contributed by atoms with Gasteiger partial charge in [-0.15, -0.1) is 0 Å². The summed E-state index contributed by atoms with van der Waals surface area (Å²) in [7, 11) is 0. The van der Waals surface area contributed by atoms with Gasteiger partial charge in [0.1, 0.15) is 0 Å². The quantitative estimate of drug-likeness (QED) is 0.244. The maximum absolute atomic E-state index is 11.3. The van der Waals surface area contributed by atoms with Crippen LogP contribution in [0.5, 0.6) is 0 Å². The average molecular weight is 355 g/mol. The Bertz CT molecular complexity index is 388. The van der Waals surface area contributed by atoms with E-state index in [4.69, 9.17) is 9.73 Å². The predicted octanol–water partition coefficient (Wildman–Crippen LogP) is 2.54. The largest absolute Gasteiger partial charge is 0.466 e. The molecule has 0 aromatic carbocycles. The number of likely N-dealkylation sites (N-methyl/N-ethyl adjacent to an activating group) is 1. The summed E-state index contributed by atoms with van der Waals surface area (Å²) in [5.41, 5.74) is 0. The van der Waals surface area contributed by atoms with E-state index in [1.165, 1.54) is 19.4 Å². The van der Waals surface area contributed by atoms with Gasteiger partial charge in [0.2, 0.25) is 0 Å². The van der Waals surface area contributed by atoms with Crippen molar-refractivity contribution < 1.29 is 9.53 Å². The molecule has 0 radical (unpaired) electrons. The van der Waals surface area contributed by atoms with Crippen molar-refractivity contribution >= 4 is 11.9 Å². The summed E-state index contributed by atoms with van der Waals surface area (Å²) in [4.78, 5) is 18.5. The average Bonchev–Trinajstić information content (AvgIpc) is 3.06. The molecule has 0 aromatic heterocycles. The number of nitrogens with zero attached hydrogens (tertiary/aromatic N) is 2. The second-order valence-electron chi connectivity index (χ2n) is 6.54. The Morgan fingerprint density at radius 1 is 1.16 bits per heavy atom. The van der Waals surface area contributed by atoms with E-state index in [1.54, 1.807) is 0 Å². The first kappa shape index (κ1) is 21.7. The van der Waals surface area contributed by atoms with E-state index in [0.29, 0.717) is 19.1 Å². The van der Waals surface area contributed by atoms with Gasteiger partial charge in [0.25, 0.3) is 0 Å². The monoisotopic (exact) mass is 354 g/mol. The maximum atomic E-state index is 11.3. The number of likely N-dealkylation sites (tertiary alicyclic amines) is 1. The first-order chi connectivity index (χ1) is 12.2. The lowest BCUT2D eigenvalue weighted by atomic mass is 10.1. The van der Waals surface area contributed by atoms with Gasteiger partial charge in [-0.05, 0) is 52.6 Å². The second-order valence-corrected chi connectivity index (χ2v) is 6.54. The molecule has 25 heavy (non-hydrogen) atoms. The first-order valence-corrected chi connectivity index (χ1v) is 10.1. The molecule has 0 aliphatic carbocycles. The summed E-state index contributed by atoms with van der Waals surface area (Å²) < 4.78 is 4.93. The molecule has 2 N–H and O–H groups in total. The van der Waals surface area contributed by atoms with Crippen LogP contribution in [0.2, 0.25) is 0 Å². The van der Waals surface area contributed by atoms with Gasteiger partial charge in [-0.25, -0.2) is 0 Å². The van der Waals surface area contributed by atoms with Gasteiger partial charge in [0, 0.05) is 25.6 Å². The van der Waals surface area contributed by atoms with Crippen LogP contribution in [-0.2, 0) is 9.53 Å². The number of hydrogen-bond acceptors (Lipinski definition) is 4. The van der Waals surface area contributed by atoms with Crippen LogP contribution in [0.15, 0.2) is 4.99 Å². The van der Waals surface area contributed by atoms with Gasteiger partial charge in [-0.2, -0.15) is 0 Å². The molecule has 6 nitrogen and oxygen atoms in total. The van der Waals surface area contributed by atoms with Crippen LogP contribution in [0.1, 0.15) is 65.7 Å². The number of aliphatic imine (C=N–C) groups is 1. The summed E-state index contributed by atoms with van der Waals surface area (Å²) >= 11 is 0. The van der Waals surface area contributed by atoms with E-state index in [1.807, 2.05) is 6.92 Å². The summed E-state index contributed by atoms with van der Waals surface area (Å²) in [5.74, 6) is 0.854. The number of unbranched alkanes of at least 4 members (excludes halogenated alkanes) is 3. The fraction of sp³-hybridized carbons (Fsp3) is 0.895. The molecule has 1 fully saturated rings. The first-order valence-electron chi connectivity index (χ1n) is 10.1. The molecule has 1 atom stereocenters. The third-order valence-corrected chi connectivity index (χ3v) is 4.62. The molecule has 0 bridgehead atoms. The van der Waals surface area contributed by atoms with Crippen molar-refractivity contribution in [1.29, 1.82) is 0 Å². The molecule has 1 aliphatic heterocycles. The Hall–Kier alpha value is -1.30. The van der Waals surface area contributed by atoms with E-state index >= 15 is 0 Å². The Balaban J connectivity index is 2.15. The van der Waals surface area contributed by atoms with Crippen molar-refractivity contribution in [3.63, 3.8) is 0 Å². The van der Waals surface area contributed by atoms with E-state index in [9.17, 15) is 4.79 Å². The standard InChI is InChI=1S/C19H38N4O2/c1-4-20-19(22-16-17-12-11-15-23(17)5-2)21-14-10-8-7-9-13-18(24)25-6-3/h17H,4-16H2,1-3H3,(H2,20,21,22). The SMILES string of the molecule is CCNC(=NCC1CCCN1CC)NCCCCCCC(=O)OCC. The maximum Gasteiger partial charge on any atom is 0.305 e. The predicted molar refractivity (Wildman–Crippen MR) is 104 cm³/mol. The second kappa shape index (κ2) is 13.9. The molecule has 146 valence electrons. The van der Waals surface area contributed by atoms with Crippen molar-refractivity contribution in [3.8, 4) is 0 Å². The Morgan fingerprint density at radius 2 is 1.96 bits per heavy atom. The van der Waals surface area contributed by atoms with Crippen LogP contribution >= 0.6 is 0 Å². The zero-order valence-corrected chi connectivity index (χ0v) is 16.5. The molecule has 0 aromatic rings. The van der Waals surface area contributed by atoms with Gasteiger partial charge >= 0.3 is 5.97 Å². The minimum Gasteiger partial charge on any atom is -0.466 e. The molecule has 1 heterocycles. The number of rotatable bonds is 12. The molecule has 0 saturated carbocycles. The molecule has 1 unspecified atom stereocenters. The number of esters is 1. The molecular weight excluding hydrogens is 316 g/mol. The highest BCUT2D eigenvalue weighted by molar-refractivity contribution is 5.79. The van der Waals surface area contributed by atoms with Crippen molar-refractivity contribution in [1.82, 2.24) is 15.5 Å². The van der Waals surface area contributed by atoms with Crippen LogP contribution in [0.25, 0.3) is 0 Å². The summed E-state index contributed by atoms with van der Waals surface area (Å²) in [5, 5.41) is 6.76. The lowest BCUT2D eigenvalue weighted by Crippen LogP contribution is -2.39. The third-order valence-electron chi connectivity index (χ3n) is 4.62. The highest BCUT2D eigenvalue weighted by Crippen LogP contribution is 2.16. The Labute approximate surface area is 153 Å². The van der Waals surface area contributed by atoms with Gasteiger partial charge < -0.3 is 15.4 Å². The molecule has 1 rings (SSSR count). The lowest BCUT2D eigenvalue weighted by Gasteiger charge is -2.21. The number of ether oxygens (including phenoxy) is 1. The normalized spacial score (nSPS) is 18.4. The van der Waals surface area contributed by atoms with Crippen molar-refractivity contribution in [2.45, 2.75) is 71.8 Å². The minimum atomic E-state index is -0.0739. The van der Waals surface area contributed by atoms with Crippen molar-refractivity contribution in [2.75, 3.05) is 39.3 Å². The van der Waals surface area contributed by atoms with Crippen molar-refractivity contribution in [2.24, 2.45) is 4.99 Å². The topological polar surface area (TPSA) is 66.0 Å². The summed E-state index contributed by atoms with van der Waals surface area (Å²) in [6, 6.07) is 0.600. The Kier molecular flexibility index (Phi) is 12.1. The van der Waals surface area contributed by atoms with Crippen LogP contribution in [0.3, 0.4) is 0 Å². The third kappa shape index (κ3) is 9.68. The van der Waals surface area contributed by atoms with Crippen LogP contribution in [-0.4, -0.2) is 62.2 Å². The molecule has 0 amide bonds. The van der Waals surface area contributed by atoms with Gasteiger partial charge in [0.15, 0.2) is 5.96 Å². The number of hydrogen-bond donors (Lipinski definition) is 2. The van der Waals surface area contributed by atoms with E-state index in [0.717, 1.165) is 57.8 Å². The van der Waals surface area contributed by atoms with Gasteiger partial charge in [0.05, 0.1) is 13.2 Å². The number of nitrogens with one attached hydrogen (secondary N) is 2. The van der Waals surface area contributed by atoms with Crippen LogP contribution in [0, 0.1) is 0 Å². The van der Waals surface area contributed by atoms with Gasteiger partial charge in [-0.3, -0.25) is 14.7 Å². The number of carbonyl (C=O) groups excluding carboxylic acids is 1. The summed E-state index contributed by atoms with van der Waals surface area (Å²) in [6.45, 7) is 11.7. The molecule has 0 spiro atoms. The zero-order valence-electron chi connectivity index (χ0n) is 16.5. The lowest BCUT2D eigenvalue weighted by molar-refractivity contribution is -0.143. The van der Waals surface area contributed by atoms with Crippen molar-refractivity contribution in [3.05, 3.63) is 0 Å². The number of guanidine groups is 1. The van der Waals surface area contributed by atoms with E-state index in [-0.39, 0.29) is 5.97 Å². The van der Waals surface area contributed by atoms with Crippen LogP contribution in [0.4, 0.5) is 0 Å². The Morgan fingerprint density at radius 3 is 2.68 bits per heavy atom. The minimum absolute atomic E-state index is 0.0739. The van der Waals surface area contributed by atoms with E-state index < -0.39 is 0 Å². The molecule has 1 saturated heterocycles. The van der Waals surface area contributed by atoms with Crippen LogP contribution < -0.4 is 10.6 Å². The zero-order chi connectivity index (χ0) is 18.3. The highest BCUT2D eigenvalue weighted by atomic mass is 16.5. The molecular formula is C19H38N4O2. The highest BCUT2D eigenvalue weighted by Gasteiger charge is 2.22. The fourth-order valence-corrected chi connectivity index (χ4v) is 3.24. The van der Waals surface area contributed by atoms with E-state index in [2.05, 4.69) is 29.4 Å². The summed E-state index contributed by atoms with van der Waals surface area (Å²) in [6.07, 6.45) is 7.31. The fourth-order valence-electron chi connectivity index (χ4n) is 3.24. The van der Waals surface area contributed by atoms with Gasteiger partial charge in [-0.1, -0.05) is 19.8 Å². The smallest absolute Gasteiger partial charge is 0.305 e.